The fourth-order valence-corrected chi connectivity index (χ4v) is 2.09. The van der Waals surface area contributed by atoms with Gasteiger partial charge in [0.05, 0.1) is 5.02 Å². The van der Waals surface area contributed by atoms with Crippen molar-refractivity contribution in [2.75, 3.05) is 11.9 Å². The molecular formula is C13H18BrClFN. The number of rotatable bonds is 8. The van der Waals surface area contributed by atoms with Crippen molar-refractivity contribution < 1.29 is 4.39 Å². The Labute approximate surface area is 116 Å². The van der Waals surface area contributed by atoms with E-state index in [2.05, 4.69) is 21.2 Å². The first kappa shape index (κ1) is 14.9. The summed E-state index contributed by atoms with van der Waals surface area (Å²) >= 11 is 9.03. The van der Waals surface area contributed by atoms with Crippen molar-refractivity contribution in [3.05, 3.63) is 34.6 Å². The summed E-state index contributed by atoms with van der Waals surface area (Å²) in [4.78, 5) is 0. The van der Waals surface area contributed by atoms with E-state index in [9.17, 15) is 4.39 Å². The molecule has 1 rings (SSSR count). The summed E-state index contributed by atoms with van der Waals surface area (Å²) in [6.07, 6.45) is 4.92. The third-order valence-corrected chi connectivity index (χ3v) is 3.42. The van der Waals surface area contributed by atoms with Crippen molar-refractivity contribution in [2.45, 2.75) is 32.2 Å². The van der Waals surface area contributed by atoms with Crippen molar-refractivity contribution in [3.8, 4) is 0 Å². The number of hydrogen-bond donors (Lipinski definition) is 1. The normalized spacial score (nSPS) is 10.8. The molecule has 4 heteroatoms. The van der Waals surface area contributed by atoms with Crippen molar-refractivity contribution >= 4 is 27.5 Å². The molecule has 0 radical (unpaired) electrons. The zero-order valence-electron chi connectivity index (χ0n) is 9.82. The summed E-state index contributed by atoms with van der Waals surface area (Å²) < 4.78 is 13.1. The molecule has 0 aliphatic rings. The molecule has 1 nitrogen and oxygen atoms in total. The molecule has 0 saturated carbocycles. The molecule has 0 bridgehead atoms. The van der Waals surface area contributed by atoms with Crippen LogP contribution in [0.2, 0.25) is 5.02 Å². The SMILES string of the molecule is Fc1cc(CNCCCCCCBr)ccc1Cl. The van der Waals surface area contributed by atoms with E-state index in [0.29, 0.717) is 6.54 Å². The zero-order valence-corrected chi connectivity index (χ0v) is 12.2. The van der Waals surface area contributed by atoms with Crippen LogP contribution in [-0.2, 0) is 6.54 Å². The third-order valence-electron chi connectivity index (χ3n) is 2.55. The van der Waals surface area contributed by atoms with E-state index in [4.69, 9.17) is 11.6 Å². The molecule has 0 aliphatic heterocycles. The van der Waals surface area contributed by atoms with Gasteiger partial charge in [-0.3, -0.25) is 0 Å². The van der Waals surface area contributed by atoms with Crippen molar-refractivity contribution in [2.24, 2.45) is 0 Å². The van der Waals surface area contributed by atoms with Crippen LogP contribution >= 0.6 is 27.5 Å². The fraction of sp³-hybridized carbons (Fsp3) is 0.538. The van der Waals surface area contributed by atoms with Crippen LogP contribution < -0.4 is 5.32 Å². The summed E-state index contributed by atoms with van der Waals surface area (Å²) in [5.74, 6) is -0.344. The smallest absolute Gasteiger partial charge is 0.142 e. The number of unbranched alkanes of at least 4 members (excludes halogenated alkanes) is 3. The van der Waals surface area contributed by atoms with Crippen LogP contribution in [-0.4, -0.2) is 11.9 Å². The molecule has 0 amide bonds. The van der Waals surface area contributed by atoms with Crippen LogP contribution in [0.4, 0.5) is 4.39 Å². The molecule has 0 spiro atoms. The lowest BCUT2D eigenvalue weighted by Gasteiger charge is -2.05. The zero-order chi connectivity index (χ0) is 12.5. The molecular weight excluding hydrogens is 305 g/mol. The van der Waals surface area contributed by atoms with E-state index in [0.717, 1.165) is 17.4 Å². The van der Waals surface area contributed by atoms with Gasteiger partial charge in [-0.1, -0.05) is 46.4 Å². The number of alkyl halides is 1. The number of halogens is 3. The highest BCUT2D eigenvalue weighted by Crippen LogP contribution is 2.15. The summed E-state index contributed by atoms with van der Waals surface area (Å²) in [5, 5.41) is 4.58. The van der Waals surface area contributed by atoms with Gasteiger partial charge in [0.25, 0.3) is 0 Å². The molecule has 1 aromatic carbocycles. The van der Waals surface area contributed by atoms with Crippen LogP contribution in [0, 0.1) is 5.82 Å². The van der Waals surface area contributed by atoms with Crippen molar-refractivity contribution in [3.63, 3.8) is 0 Å². The first-order chi connectivity index (χ1) is 8.24. The van der Waals surface area contributed by atoms with Crippen LogP contribution in [0.25, 0.3) is 0 Å². The van der Waals surface area contributed by atoms with E-state index in [1.165, 1.54) is 31.7 Å². The highest BCUT2D eigenvalue weighted by Gasteiger charge is 2.00. The van der Waals surface area contributed by atoms with Gasteiger partial charge in [0, 0.05) is 11.9 Å². The monoisotopic (exact) mass is 321 g/mol. The highest BCUT2D eigenvalue weighted by molar-refractivity contribution is 9.09. The molecule has 0 heterocycles. The quantitative estimate of drug-likeness (QED) is 0.548. The van der Waals surface area contributed by atoms with Gasteiger partial charge in [0.2, 0.25) is 0 Å². The molecule has 0 aliphatic carbocycles. The minimum absolute atomic E-state index is 0.184. The molecule has 0 fully saturated rings. The number of hydrogen-bond acceptors (Lipinski definition) is 1. The summed E-state index contributed by atoms with van der Waals surface area (Å²) in [6, 6.07) is 4.94. The summed E-state index contributed by atoms with van der Waals surface area (Å²) in [5.41, 5.74) is 0.937. The minimum atomic E-state index is -0.344. The Bertz CT molecular complexity index is 333. The van der Waals surface area contributed by atoms with E-state index in [1.807, 2.05) is 6.07 Å². The second-order valence-corrected chi connectivity index (χ2v) is 5.23. The molecule has 96 valence electrons. The molecule has 0 atom stereocenters. The van der Waals surface area contributed by atoms with Gasteiger partial charge in [-0.25, -0.2) is 4.39 Å². The first-order valence-corrected chi connectivity index (χ1v) is 7.44. The van der Waals surface area contributed by atoms with E-state index >= 15 is 0 Å². The van der Waals surface area contributed by atoms with Gasteiger partial charge in [0.15, 0.2) is 0 Å². The lowest BCUT2D eigenvalue weighted by atomic mass is 10.2. The molecule has 0 unspecified atom stereocenters. The Hall–Kier alpha value is -0.120. The predicted molar refractivity (Wildman–Crippen MR) is 75.4 cm³/mol. The van der Waals surface area contributed by atoms with Crippen LogP contribution in [0.5, 0.6) is 0 Å². The van der Waals surface area contributed by atoms with Gasteiger partial charge in [0.1, 0.15) is 5.82 Å². The van der Waals surface area contributed by atoms with Crippen molar-refractivity contribution in [1.29, 1.82) is 0 Å². The highest BCUT2D eigenvalue weighted by atomic mass is 79.9. The molecule has 17 heavy (non-hydrogen) atoms. The molecule has 0 aromatic heterocycles. The number of nitrogens with one attached hydrogen (secondary N) is 1. The Kier molecular flexibility index (Phi) is 7.82. The average molecular weight is 323 g/mol. The van der Waals surface area contributed by atoms with Crippen molar-refractivity contribution in [1.82, 2.24) is 5.32 Å². The van der Waals surface area contributed by atoms with Gasteiger partial charge < -0.3 is 5.32 Å². The second kappa shape index (κ2) is 8.90. The Balaban J connectivity index is 2.11. The molecule has 1 aromatic rings. The molecule has 0 saturated heterocycles. The van der Waals surface area contributed by atoms with Gasteiger partial charge in [-0.15, -0.1) is 0 Å². The van der Waals surface area contributed by atoms with Crippen LogP contribution in [0.3, 0.4) is 0 Å². The second-order valence-electron chi connectivity index (χ2n) is 4.03. The van der Waals surface area contributed by atoms with Crippen LogP contribution in [0.15, 0.2) is 18.2 Å². The first-order valence-electron chi connectivity index (χ1n) is 5.94. The van der Waals surface area contributed by atoms with Crippen LogP contribution in [0.1, 0.15) is 31.2 Å². The Morgan fingerprint density at radius 3 is 2.65 bits per heavy atom. The lowest BCUT2D eigenvalue weighted by Crippen LogP contribution is -2.14. The van der Waals surface area contributed by atoms with E-state index in [1.54, 1.807) is 6.07 Å². The average Bonchev–Trinajstić information content (AvgIpc) is 2.32. The maximum Gasteiger partial charge on any atom is 0.142 e. The fourth-order valence-electron chi connectivity index (χ4n) is 1.58. The summed E-state index contributed by atoms with van der Waals surface area (Å²) in [6.45, 7) is 1.68. The third kappa shape index (κ3) is 6.39. The lowest BCUT2D eigenvalue weighted by molar-refractivity contribution is 0.594. The Morgan fingerprint density at radius 1 is 1.18 bits per heavy atom. The number of benzene rings is 1. The van der Waals surface area contributed by atoms with Gasteiger partial charge >= 0.3 is 0 Å². The van der Waals surface area contributed by atoms with E-state index < -0.39 is 0 Å². The maximum absolute atomic E-state index is 13.1. The van der Waals surface area contributed by atoms with Gasteiger partial charge in [-0.05, 0) is 37.1 Å². The Morgan fingerprint density at radius 2 is 1.94 bits per heavy atom. The standard InChI is InChI=1S/C13H18BrClFN/c14-7-3-1-2-4-8-17-10-11-5-6-12(15)13(16)9-11/h5-6,9,17H,1-4,7-8,10H2. The maximum atomic E-state index is 13.1. The summed E-state index contributed by atoms with van der Waals surface area (Å²) in [7, 11) is 0. The van der Waals surface area contributed by atoms with Gasteiger partial charge in [-0.2, -0.15) is 0 Å². The topological polar surface area (TPSA) is 12.0 Å². The van der Waals surface area contributed by atoms with E-state index in [-0.39, 0.29) is 10.8 Å². The molecule has 1 N–H and O–H groups in total. The minimum Gasteiger partial charge on any atom is -0.313 e. The largest absolute Gasteiger partial charge is 0.313 e. The predicted octanol–water partition coefficient (Wildman–Crippen LogP) is 4.52.